The summed E-state index contributed by atoms with van der Waals surface area (Å²) in [5, 5.41) is -0.409. The molecule has 114 valence electrons. The Labute approximate surface area is 124 Å². The van der Waals surface area contributed by atoms with Crippen LogP contribution in [0.2, 0.25) is 5.15 Å². The van der Waals surface area contributed by atoms with Crippen LogP contribution in [-0.4, -0.2) is 21.6 Å². The van der Waals surface area contributed by atoms with Crippen LogP contribution in [0.15, 0.2) is 27.5 Å². The maximum atomic E-state index is 13.6. The van der Waals surface area contributed by atoms with Gasteiger partial charge in [0.05, 0.1) is 11.9 Å². The third-order valence-electron chi connectivity index (χ3n) is 2.70. The van der Waals surface area contributed by atoms with Crippen molar-refractivity contribution in [2.75, 3.05) is 0 Å². The molecule has 0 spiro atoms. The molecule has 0 aliphatic carbocycles. The molecule has 3 rings (SSSR count). The Morgan fingerprint density at radius 3 is 2.82 bits per heavy atom. The van der Waals surface area contributed by atoms with Crippen molar-refractivity contribution in [2.24, 2.45) is 0 Å². The highest BCUT2D eigenvalue weighted by molar-refractivity contribution is 6.30. The van der Waals surface area contributed by atoms with Crippen LogP contribution in [0.4, 0.5) is 13.2 Å². The van der Waals surface area contributed by atoms with Gasteiger partial charge in [0.1, 0.15) is 5.52 Å². The number of benzene rings is 1. The van der Waals surface area contributed by atoms with Gasteiger partial charge in [-0.2, -0.15) is 8.78 Å². The number of oxazole rings is 1. The van der Waals surface area contributed by atoms with Gasteiger partial charge in [-0.1, -0.05) is 11.6 Å². The van der Waals surface area contributed by atoms with Crippen LogP contribution in [0.3, 0.4) is 0 Å². The zero-order chi connectivity index (χ0) is 15.9. The van der Waals surface area contributed by atoms with E-state index in [1.54, 1.807) is 0 Å². The van der Waals surface area contributed by atoms with Crippen molar-refractivity contribution >= 4 is 22.7 Å². The Balaban J connectivity index is 2.14. The number of aromatic nitrogens is 3. The smallest absolute Gasteiger partial charge is 0.414 e. The molecule has 0 aliphatic heterocycles. The molecule has 0 aliphatic rings. The Kier molecular flexibility index (Phi) is 3.49. The maximum Gasteiger partial charge on any atom is 0.417 e. The molecule has 0 saturated heterocycles. The van der Waals surface area contributed by atoms with Crippen LogP contribution < -0.4 is 10.5 Å². The first-order valence-electron chi connectivity index (χ1n) is 5.74. The van der Waals surface area contributed by atoms with Crippen molar-refractivity contribution in [3.63, 3.8) is 0 Å². The van der Waals surface area contributed by atoms with E-state index in [0.717, 1.165) is 12.3 Å². The van der Waals surface area contributed by atoms with Gasteiger partial charge in [0.15, 0.2) is 16.6 Å². The van der Waals surface area contributed by atoms with Crippen molar-refractivity contribution in [3.05, 3.63) is 39.9 Å². The highest BCUT2D eigenvalue weighted by Crippen LogP contribution is 2.30. The number of ether oxygens (including phenoxy) is 1. The molecule has 1 N–H and O–H groups in total. The molecule has 0 saturated carbocycles. The van der Waals surface area contributed by atoms with E-state index >= 15 is 0 Å². The number of hydrogen-bond acceptors (Lipinski definition) is 5. The molecule has 2 aromatic heterocycles. The summed E-state index contributed by atoms with van der Waals surface area (Å²) in [4.78, 5) is 20.8. The fourth-order valence-electron chi connectivity index (χ4n) is 1.85. The zero-order valence-electron chi connectivity index (χ0n) is 10.4. The summed E-state index contributed by atoms with van der Waals surface area (Å²) in [6.07, 6.45) is 1.09. The second kappa shape index (κ2) is 5.34. The molecular formula is C12H5ClF3N3O3. The molecule has 10 heteroatoms. The summed E-state index contributed by atoms with van der Waals surface area (Å²) in [5.41, 5.74) is 0.0818. The summed E-state index contributed by atoms with van der Waals surface area (Å²) in [6, 6.07) is 2.38. The van der Waals surface area contributed by atoms with E-state index in [-0.39, 0.29) is 22.4 Å². The molecule has 0 bridgehead atoms. The molecule has 2 heterocycles. The van der Waals surface area contributed by atoms with Gasteiger partial charge in [-0.05, 0) is 12.1 Å². The lowest BCUT2D eigenvalue weighted by Crippen LogP contribution is -2.05. The van der Waals surface area contributed by atoms with Gasteiger partial charge in [0.25, 0.3) is 5.88 Å². The maximum absolute atomic E-state index is 13.6. The van der Waals surface area contributed by atoms with Gasteiger partial charge >= 0.3 is 12.4 Å². The van der Waals surface area contributed by atoms with Crippen molar-refractivity contribution in [3.8, 4) is 17.1 Å². The highest BCUT2D eigenvalue weighted by Gasteiger charge is 2.17. The fourth-order valence-corrected chi connectivity index (χ4v) is 2.04. The zero-order valence-corrected chi connectivity index (χ0v) is 11.2. The number of fused-ring (bicyclic) bond motifs is 1. The highest BCUT2D eigenvalue weighted by atomic mass is 35.5. The quantitative estimate of drug-likeness (QED) is 0.798. The first-order valence-corrected chi connectivity index (χ1v) is 6.12. The van der Waals surface area contributed by atoms with Gasteiger partial charge < -0.3 is 9.15 Å². The lowest BCUT2D eigenvalue weighted by molar-refractivity contribution is -0.0530. The van der Waals surface area contributed by atoms with Crippen LogP contribution in [0.5, 0.6) is 5.88 Å². The van der Waals surface area contributed by atoms with Gasteiger partial charge in [-0.15, -0.1) is 0 Å². The van der Waals surface area contributed by atoms with Crippen molar-refractivity contribution in [2.45, 2.75) is 6.61 Å². The largest absolute Gasteiger partial charge is 0.417 e. The summed E-state index contributed by atoms with van der Waals surface area (Å²) in [5.74, 6) is -2.09. The average Bonchev–Trinajstić information content (AvgIpc) is 2.84. The number of H-pyrrole nitrogens is 1. The number of alkyl halides is 2. The van der Waals surface area contributed by atoms with Crippen molar-refractivity contribution in [1.82, 2.24) is 15.0 Å². The molecule has 6 nitrogen and oxygen atoms in total. The lowest BCUT2D eigenvalue weighted by Gasteiger charge is -2.06. The Morgan fingerprint density at radius 2 is 2.14 bits per heavy atom. The Morgan fingerprint density at radius 1 is 1.36 bits per heavy atom. The molecular weight excluding hydrogens is 327 g/mol. The Hall–Kier alpha value is -2.55. The van der Waals surface area contributed by atoms with Gasteiger partial charge in [0, 0.05) is 5.56 Å². The molecule has 1 aromatic carbocycles. The number of nitrogens with zero attached hydrogens (tertiary/aromatic N) is 2. The second-order valence-electron chi connectivity index (χ2n) is 4.04. The number of nitrogens with one attached hydrogen (secondary N) is 1. The summed E-state index contributed by atoms with van der Waals surface area (Å²) < 4.78 is 46.8. The molecule has 22 heavy (non-hydrogen) atoms. The lowest BCUT2D eigenvalue weighted by atomic mass is 10.1. The van der Waals surface area contributed by atoms with E-state index in [9.17, 15) is 18.0 Å². The predicted molar refractivity (Wildman–Crippen MR) is 69.5 cm³/mol. The average molecular weight is 332 g/mol. The minimum absolute atomic E-state index is 0.0853. The van der Waals surface area contributed by atoms with Gasteiger partial charge in [-0.3, -0.25) is 4.98 Å². The number of rotatable bonds is 3. The van der Waals surface area contributed by atoms with E-state index in [1.807, 2.05) is 0 Å². The molecule has 0 radical (unpaired) electrons. The SMILES string of the molecule is O=c1[nH]c2c(F)ccc(-c3cnc(OC(F)F)c(Cl)n3)c2o1. The van der Waals surface area contributed by atoms with Crippen LogP contribution in [0.1, 0.15) is 0 Å². The molecule has 0 amide bonds. The van der Waals surface area contributed by atoms with E-state index in [2.05, 4.69) is 19.7 Å². The fraction of sp³-hybridized carbons (Fsp3) is 0.0833. The van der Waals surface area contributed by atoms with E-state index < -0.39 is 29.2 Å². The van der Waals surface area contributed by atoms with Gasteiger partial charge in [-0.25, -0.2) is 19.2 Å². The molecule has 3 aromatic rings. The standard InChI is InChI=1S/C12H5ClF3N3O3/c13-9-10(22-11(15)16)17-3-6(18-9)4-1-2-5(14)7-8(4)21-12(20)19-7/h1-3,11H,(H,19,20). The predicted octanol–water partition coefficient (Wildman–Crippen LogP) is 2.97. The molecule has 0 fully saturated rings. The third kappa shape index (κ3) is 2.50. The summed E-state index contributed by atoms with van der Waals surface area (Å²) in [7, 11) is 0. The monoisotopic (exact) mass is 331 g/mol. The summed E-state index contributed by atoms with van der Waals surface area (Å²) in [6.45, 7) is -3.10. The van der Waals surface area contributed by atoms with Crippen molar-refractivity contribution < 1.29 is 22.3 Å². The van der Waals surface area contributed by atoms with Crippen LogP contribution in [0, 0.1) is 5.82 Å². The van der Waals surface area contributed by atoms with Crippen molar-refractivity contribution in [1.29, 1.82) is 0 Å². The molecule has 0 atom stereocenters. The van der Waals surface area contributed by atoms with E-state index in [1.165, 1.54) is 6.07 Å². The van der Waals surface area contributed by atoms with Crippen LogP contribution in [0.25, 0.3) is 22.4 Å². The van der Waals surface area contributed by atoms with Crippen LogP contribution in [-0.2, 0) is 0 Å². The topological polar surface area (TPSA) is 81.0 Å². The molecule has 0 unspecified atom stereocenters. The first-order chi connectivity index (χ1) is 10.5. The van der Waals surface area contributed by atoms with Gasteiger partial charge in [0.2, 0.25) is 0 Å². The number of hydrogen-bond donors (Lipinski definition) is 1. The Bertz CT molecular complexity index is 910. The minimum atomic E-state index is -3.10. The third-order valence-corrected chi connectivity index (χ3v) is 2.95. The van der Waals surface area contributed by atoms with E-state index in [0.29, 0.717) is 0 Å². The minimum Gasteiger partial charge on any atom is -0.414 e. The number of halogens is 4. The normalized spacial score (nSPS) is 11.3. The van der Waals surface area contributed by atoms with E-state index in [4.69, 9.17) is 16.0 Å². The summed E-state index contributed by atoms with van der Waals surface area (Å²) >= 11 is 5.70. The van der Waals surface area contributed by atoms with Crippen LogP contribution >= 0.6 is 11.6 Å². The second-order valence-corrected chi connectivity index (χ2v) is 4.40. The number of aromatic amines is 1. The first kappa shape index (κ1) is 14.4.